The molecule has 0 unspecified atom stereocenters. The van der Waals surface area contributed by atoms with Gasteiger partial charge in [0.1, 0.15) is 53.9 Å². The maximum atomic E-state index is 14.4. The van der Waals surface area contributed by atoms with Crippen molar-refractivity contribution in [3.8, 4) is 23.0 Å². The molecule has 4 heterocycles. The Hall–Kier alpha value is -7.44. The number of amides is 3. The summed E-state index contributed by atoms with van der Waals surface area (Å²) in [6.07, 6.45) is 0.510. The molecule has 21 nitrogen and oxygen atoms in total. The van der Waals surface area contributed by atoms with Gasteiger partial charge >= 0.3 is 26.1 Å². The average molecular weight is 1170 g/mol. The van der Waals surface area contributed by atoms with E-state index >= 15 is 0 Å². The van der Waals surface area contributed by atoms with Gasteiger partial charge in [-0.05, 0) is 116 Å². The highest BCUT2D eigenvalue weighted by Gasteiger charge is 2.57. The van der Waals surface area contributed by atoms with Crippen LogP contribution in [0.4, 0.5) is 9.93 Å². The third kappa shape index (κ3) is 15.8. The van der Waals surface area contributed by atoms with E-state index in [0.717, 1.165) is 35.3 Å². The summed E-state index contributed by atoms with van der Waals surface area (Å²) in [5.74, 6) is -3.46. The highest BCUT2D eigenvalue weighted by Crippen LogP contribution is 2.49. The number of β-lactam (4-membered cyclic amide) rings is 1. The molecule has 3 aromatic carbocycles. The van der Waals surface area contributed by atoms with E-state index in [1.807, 2.05) is 55.5 Å². The molecule has 0 bridgehead atoms. The molecular weight excluding hydrogens is 1100 g/mol. The molecule has 0 spiro atoms. The third-order valence-electron chi connectivity index (χ3n) is 13.5. The molecular formula is C58H70BN6O15S2+. The number of thioether (sulfide) groups is 1. The zero-order valence-corrected chi connectivity index (χ0v) is 49.7. The zero-order valence-electron chi connectivity index (χ0n) is 48.0. The molecule has 2 radical (unpaired) electrons. The van der Waals surface area contributed by atoms with Crippen LogP contribution in [0.2, 0.25) is 0 Å². The van der Waals surface area contributed by atoms with Gasteiger partial charge in [0.2, 0.25) is 17.3 Å². The number of quaternary nitrogens is 1. The number of fused-ring (bicyclic) bond motifs is 1. The predicted octanol–water partition coefficient (Wildman–Crippen LogP) is 7.88. The molecule has 4 aromatic rings. The van der Waals surface area contributed by atoms with Crippen LogP contribution in [0.3, 0.4) is 0 Å². The maximum Gasteiger partial charge on any atom is 0.413 e. The van der Waals surface area contributed by atoms with E-state index in [0.29, 0.717) is 53.5 Å². The number of ketones is 2. The number of nitrogens with zero attached hydrogens (tertiary/aromatic N) is 4. The smallest absolute Gasteiger partial charge is 0.413 e. The number of nitrogens with one attached hydrogen (secondary N) is 2. The number of rotatable bonds is 24. The number of ether oxygens (including phenoxy) is 6. The van der Waals surface area contributed by atoms with Crippen LogP contribution in [0, 0.1) is 5.92 Å². The summed E-state index contributed by atoms with van der Waals surface area (Å²) in [5, 5.41) is 9.94. The Labute approximate surface area is 486 Å². The summed E-state index contributed by atoms with van der Waals surface area (Å²) in [7, 11) is 8.72. The molecule has 24 heteroatoms. The largest absolute Gasteiger partial charge is 0.539 e. The summed E-state index contributed by atoms with van der Waals surface area (Å²) in [4.78, 5) is 107. The second-order valence-electron chi connectivity index (χ2n) is 22.5. The number of hydrogen-bond acceptors (Lipinski definition) is 19. The van der Waals surface area contributed by atoms with Crippen LogP contribution in [0.1, 0.15) is 109 Å². The minimum Gasteiger partial charge on any atom is -0.539 e. The van der Waals surface area contributed by atoms with E-state index < -0.39 is 75.9 Å². The second kappa shape index (κ2) is 26.2. The van der Waals surface area contributed by atoms with E-state index in [-0.39, 0.29) is 58.6 Å². The summed E-state index contributed by atoms with van der Waals surface area (Å²) >= 11 is 2.37. The molecule has 2 N–H and O–H groups in total. The Balaban J connectivity index is 1.05. The van der Waals surface area contributed by atoms with Crippen LogP contribution in [0.15, 0.2) is 88.5 Å². The molecule has 3 amide bonds. The highest BCUT2D eigenvalue weighted by atomic mass is 32.2. The first kappa shape index (κ1) is 62.2. The van der Waals surface area contributed by atoms with Gasteiger partial charge in [-0.3, -0.25) is 29.4 Å². The molecule has 3 atom stereocenters. The van der Waals surface area contributed by atoms with Crippen LogP contribution in [-0.2, 0) is 56.2 Å². The van der Waals surface area contributed by atoms with Crippen molar-refractivity contribution < 1.29 is 76.0 Å². The lowest BCUT2D eigenvalue weighted by molar-refractivity contribution is -0.911. The number of oxime groups is 1. The maximum absolute atomic E-state index is 14.4. The number of hydrogen-bond donors (Lipinski definition) is 2. The normalized spacial score (nSPS) is 17.8. The van der Waals surface area contributed by atoms with Crippen LogP contribution >= 0.6 is 23.1 Å². The van der Waals surface area contributed by atoms with E-state index in [1.54, 1.807) is 61.8 Å². The molecule has 0 saturated carbocycles. The topological polar surface area (TPSA) is 246 Å². The van der Waals surface area contributed by atoms with Gasteiger partial charge in [0.25, 0.3) is 5.91 Å². The van der Waals surface area contributed by atoms with Crippen molar-refractivity contribution in [2.45, 2.75) is 122 Å². The van der Waals surface area contributed by atoms with Gasteiger partial charge in [-0.15, -0.1) is 23.1 Å². The number of Topliss-reactive ketones (excluding diaryl/α,β-unsaturated/α-hetero) is 2. The van der Waals surface area contributed by atoms with Gasteiger partial charge in [0.05, 0.1) is 51.7 Å². The molecule has 1 aromatic heterocycles. The number of aromatic nitrogens is 1. The van der Waals surface area contributed by atoms with Crippen molar-refractivity contribution in [1.29, 1.82) is 0 Å². The first-order valence-electron chi connectivity index (χ1n) is 26.7. The molecule has 436 valence electrons. The van der Waals surface area contributed by atoms with Crippen LogP contribution in [0.25, 0.3) is 0 Å². The average Bonchev–Trinajstić information content (AvgIpc) is 3.47. The highest BCUT2D eigenvalue weighted by molar-refractivity contribution is 8.00. The van der Waals surface area contributed by atoms with Crippen molar-refractivity contribution in [2.24, 2.45) is 11.1 Å². The number of carbonyl (C=O) groups excluding carboxylic acids is 7. The molecule has 3 aliphatic heterocycles. The summed E-state index contributed by atoms with van der Waals surface area (Å²) in [6, 6.07) is 19.3. The molecule has 2 saturated heterocycles. The number of benzene rings is 3. The van der Waals surface area contributed by atoms with Crippen molar-refractivity contribution in [3.63, 3.8) is 0 Å². The first-order valence-corrected chi connectivity index (χ1v) is 28.5. The number of anilines is 1. The molecule has 0 aliphatic carbocycles. The Morgan fingerprint density at radius 3 is 1.99 bits per heavy atom. The SMILES string of the molecule is [B]OC(=O)C1=C(C[N+]2(CCNC(=O)C(=O)c3ccc(OCc4ccc(OC)cc4)c(OCc4ccc(OC)cc4)c3)CCCC2)[C@H](C)S[C@@H]2[C@H](CC(=O)/C(=N\OC(C)(C)C(=O)OC(C)(C)C)c3csc(NC(=O)OC(C)(C)C)n3)C(=O)N12. The van der Waals surface area contributed by atoms with Gasteiger partial charge in [0, 0.05) is 41.0 Å². The summed E-state index contributed by atoms with van der Waals surface area (Å²) < 4.78 is 39.0. The molecule has 2 fully saturated rings. The second-order valence-corrected chi connectivity index (χ2v) is 24.8. The monoisotopic (exact) mass is 1170 g/mol. The molecule has 82 heavy (non-hydrogen) atoms. The Morgan fingerprint density at radius 1 is 0.817 bits per heavy atom. The Kier molecular flexibility index (Phi) is 19.9. The van der Waals surface area contributed by atoms with Gasteiger partial charge in [-0.2, -0.15) is 0 Å². The predicted molar refractivity (Wildman–Crippen MR) is 307 cm³/mol. The quantitative estimate of drug-likeness (QED) is 0.00990. The Morgan fingerprint density at radius 2 is 1.41 bits per heavy atom. The van der Waals surface area contributed by atoms with Crippen molar-refractivity contribution >= 4 is 83.4 Å². The first-order chi connectivity index (χ1) is 38.7. The number of likely N-dealkylation sites (tertiary alicyclic amines) is 1. The minimum atomic E-state index is -1.68. The third-order valence-corrected chi connectivity index (χ3v) is 15.8. The van der Waals surface area contributed by atoms with Crippen molar-refractivity contribution in [2.75, 3.05) is 52.3 Å². The van der Waals surface area contributed by atoms with E-state index in [1.165, 1.54) is 48.0 Å². The lowest BCUT2D eigenvalue weighted by Gasteiger charge is -2.52. The van der Waals surface area contributed by atoms with Crippen LogP contribution < -0.4 is 29.6 Å². The van der Waals surface area contributed by atoms with E-state index in [9.17, 15) is 33.6 Å². The Bertz CT molecular complexity index is 3090. The van der Waals surface area contributed by atoms with Gasteiger partial charge in [-0.25, -0.2) is 19.4 Å². The number of methoxy groups -OCH3 is 2. The lowest BCUT2D eigenvalue weighted by Crippen LogP contribution is -2.64. The van der Waals surface area contributed by atoms with E-state index in [2.05, 4.69) is 20.8 Å². The summed E-state index contributed by atoms with van der Waals surface area (Å²) in [6.45, 7) is 17.4. The van der Waals surface area contributed by atoms with Gasteiger partial charge < -0.3 is 47.7 Å². The van der Waals surface area contributed by atoms with Gasteiger partial charge in [0.15, 0.2) is 28.1 Å². The standard InChI is InChI=1S/C58H69BN6O15S2/c1-34-41(30-65(25-12-13-26-65)27-24-60-49(68)48(67)37-18-23-44(75-31-35-14-19-38(73-10)20-15-35)45(28-37)76-32-36-16-21-39(74-11)22-17-36)47(52(70)79-59)64-50(69)40(51(64)82-34)29-43(66)46(63-80-58(8,9)53(71)77-56(2,3)4)42-33-81-54(61-42)62-55(72)78-57(5,6)7/h14-23,28,33-34,40,51H,12-13,24-27,29-32H2,1-11H3,(H-,60,61,62,68,72)/p+1/b63-46-/t34-,40+,51+/m0/s1. The molecule has 3 aliphatic rings. The van der Waals surface area contributed by atoms with Gasteiger partial charge in [-0.1, -0.05) is 29.4 Å². The minimum absolute atomic E-state index is 0.00852. The van der Waals surface area contributed by atoms with Crippen molar-refractivity contribution in [3.05, 3.63) is 106 Å². The number of thiazole rings is 1. The number of carbonyl (C=O) groups is 7. The molecule has 7 rings (SSSR count). The fourth-order valence-corrected chi connectivity index (χ4v) is 11.5. The fourth-order valence-electron chi connectivity index (χ4n) is 9.29. The zero-order chi connectivity index (χ0) is 59.7. The fraction of sp³-hybridized carbons (Fsp3) is 0.466. The van der Waals surface area contributed by atoms with E-state index in [4.69, 9.17) is 46.0 Å². The van der Waals surface area contributed by atoms with Crippen molar-refractivity contribution in [1.82, 2.24) is 15.2 Å². The number of esters is 1. The summed E-state index contributed by atoms with van der Waals surface area (Å²) in [5.41, 5.74) is -1.32. The van der Waals surface area contributed by atoms with Crippen LogP contribution in [0.5, 0.6) is 23.0 Å². The lowest BCUT2D eigenvalue weighted by atomic mass is 9.88. The van der Waals surface area contributed by atoms with Crippen LogP contribution in [-0.4, -0.2) is 144 Å².